The Kier molecular flexibility index (Phi) is 5.90. The van der Waals surface area contributed by atoms with Crippen LogP contribution in [-0.4, -0.2) is 77.0 Å². The van der Waals surface area contributed by atoms with Gasteiger partial charge in [-0.1, -0.05) is 19.8 Å². The second kappa shape index (κ2) is 8.38. The van der Waals surface area contributed by atoms with Gasteiger partial charge >= 0.3 is 6.03 Å². The number of amides is 3. The van der Waals surface area contributed by atoms with Crippen LogP contribution in [0.2, 0.25) is 0 Å². The average Bonchev–Trinajstić information content (AvgIpc) is 3.04. The summed E-state index contributed by atoms with van der Waals surface area (Å²) in [5, 5.41) is 3.24. The molecule has 1 saturated carbocycles. The maximum absolute atomic E-state index is 12.5. The molecule has 6 heteroatoms. The van der Waals surface area contributed by atoms with Gasteiger partial charge in [-0.25, -0.2) is 4.79 Å². The number of likely N-dealkylation sites (tertiary alicyclic amines) is 2. The molecule has 3 aliphatic heterocycles. The van der Waals surface area contributed by atoms with Crippen molar-refractivity contribution >= 4 is 11.9 Å². The Bertz CT molecular complexity index is 538. The molecule has 4 rings (SSSR count). The van der Waals surface area contributed by atoms with Crippen molar-refractivity contribution in [3.8, 4) is 0 Å². The SMILES string of the molecule is CCCC(=O)N1CCC(N2CCC(N3C(=O)N[C@@H]4CCCC[C@@H]43)CC2)CC1. The van der Waals surface area contributed by atoms with Gasteiger partial charge in [0.15, 0.2) is 0 Å². The zero-order valence-electron chi connectivity index (χ0n) is 16.9. The molecule has 3 amide bonds. The monoisotopic (exact) mass is 376 g/mol. The highest BCUT2D eigenvalue weighted by Crippen LogP contribution is 2.33. The Morgan fingerprint density at radius 2 is 1.63 bits per heavy atom. The molecule has 27 heavy (non-hydrogen) atoms. The number of hydrogen-bond donors (Lipinski definition) is 1. The Balaban J connectivity index is 1.26. The van der Waals surface area contributed by atoms with Gasteiger partial charge in [-0.05, 0) is 44.9 Å². The molecule has 0 aromatic rings. The summed E-state index contributed by atoms with van der Waals surface area (Å²) in [6.07, 6.45) is 10.9. The fraction of sp³-hybridized carbons (Fsp3) is 0.905. The van der Waals surface area contributed by atoms with Gasteiger partial charge in [-0.2, -0.15) is 0 Å². The third-order valence-corrected chi connectivity index (χ3v) is 7.32. The highest BCUT2D eigenvalue weighted by molar-refractivity contribution is 5.78. The molecule has 0 bridgehead atoms. The second-order valence-corrected chi connectivity index (χ2v) is 8.94. The van der Waals surface area contributed by atoms with Crippen LogP contribution in [0, 0.1) is 0 Å². The summed E-state index contributed by atoms with van der Waals surface area (Å²) in [6, 6.07) is 2.06. The first-order valence-electron chi connectivity index (χ1n) is 11.3. The quantitative estimate of drug-likeness (QED) is 0.820. The van der Waals surface area contributed by atoms with E-state index in [0.29, 0.717) is 36.5 Å². The number of fused-ring (bicyclic) bond motifs is 1. The van der Waals surface area contributed by atoms with E-state index in [-0.39, 0.29) is 6.03 Å². The Morgan fingerprint density at radius 1 is 0.963 bits per heavy atom. The zero-order valence-corrected chi connectivity index (χ0v) is 16.9. The molecule has 3 heterocycles. The zero-order chi connectivity index (χ0) is 18.8. The highest BCUT2D eigenvalue weighted by atomic mass is 16.2. The number of hydrogen-bond acceptors (Lipinski definition) is 3. The van der Waals surface area contributed by atoms with Crippen LogP contribution in [-0.2, 0) is 4.79 Å². The molecule has 4 aliphatic rings. The fourth-order valence-electron chi connectivity index (χ4n) is 5.81. The van der Waals surface area contributed by atoms with Crippen molar-refractivity contribution in [2.24, 2.45) is 0 Å². The van der Waals surface area contributed by atoms with Gasteiger partial charge in [0.1, 0.15) is 0 Å². The topological polar surface area (TPSA) is 55.9 Å². The summed E-state index contributed by atoms with van der Waals surface area (Å²) < 4.78 is 0. The Labute approximate surface area is 163 Å². The van der Waals surface area contributed by atoms with E-state index in [2.05, 4.69) is 26.9 Å². The largest absolute Gasteiger partial charge is 0.343 e. The fourth-order valence-corrected chi connectivity index (χ4v) is 5.81. The van der Waals surface area contributed by atoms with E-state index >= 15 is 0 Å². The number of rotatable bonds is 4. The third-order valence-electron chi connectivity index (χ3n) is 7.32. The molecule has 152 valence electrons. The van der Waals surface area contributed by atoms with E-state index in [1.165, 1.54) is 19.3 Å². The molecule has 0 spiro atoms. The van der Waals surface area contributed by atoms with Crippen molar-refractivity contribution in [3.05, 3.63) is 0 Å². The standard InChI is InChI=1S/C21H36N4O2/c1-2-5-20(26)24-14-8-16(9-15-24)23-12-10-17(11-13-23)25-19-7-4-3-6-18(19)22-21(25)27/h16-19H,2-15H2,1H3,(H,22,27)/t18-,19+/m1/s1. The number of nitrogens with one attached hydrogen (secondary N) is 1. The molecule has 3 saturated heterocycles. The second-order valence-electron chi connectivity index (χ2n) is 8.94. The van der Waals surface area contributed by atoms with E-state index < -0.39 is 0 Å². The van der Waals surface area contributed by atoms with Crippen LogP contribution in [0.25, 0.3) is 0 Å². The van der Waals surface area contributed by atoms with Gasteiger partial charge < -0.3 is 20.0 Å². The van der Waals surface area contributed by atoms with Crippen molar-refractivity contribution in [3.63, 3.8) is 0 Å². The Morgan fingerprint density at radius 3 is 2.33 bits per heavy atom. The van der Waals surface area contributed by atoms with Crippen LogP contribution in [0.4, 0.5) is 4.79 Å². The van der Waals surface area contributed by atoms with E-state index in [9.17, 15) is 9.59 Å². The predicted molar refractivity (Wildman–Crippen MR) is 106 cm³/mol. The number of carbonyl (C=O) groups is 2. The first-order valence-corrected chi connectivity index (χ1v) is 11.3. The molecule has 4 fully saturated rings. The Hall–Kier alpha value is -1.30. The lowest BCUT2D eigenvalue weighted by molar-refractivity contribution is -0.132. The summed E-state index contributed by atoms with van der Waals surface area (Å²) >= 11 is 0. The lowest BCUT2D eigenvalue weighted by atomic mass is 9.89. The van der Waals surface area contributed by atoms with E-state index in [0.717, 1.165) is 64.7 Å². The van der Waals surface area contributed by atoms with Gasteiger partial charge in [0.2, 0.25) is 5.91 Å². The van der Waals surface area contributed by atoms with Gasteiger partial charge in [-0.15, -0.1) is 0 Å². The van der Waals surface area contributed by atoms with Crippen molar-refractivity contribution in [2.45, 2.75) is 95.3 Å². The molecular formula is C21H36N4O2. The molecule has 2 atom stereocenters. The molecular weight excluding hydrogens is 340 g/mol. The molecule has 6 nitrogen and oxygen atoms in total. The van der Waals surface area contributed by atoms with E-state index in [1.54, 1.807) is 0 Å². The van der Waals surface area contributed by atoms with Crippen molar-refractivity contribution in [2.75, 3.05) is 26.2 Å². The molecule has 0 aromatic heterocycles. The summed E-state index contributed by atoms with van der Waals surface area (Å²) in [5.74, 6) is 0.330. The third kappa shape index (κ3) is 3.96. The minimum absolute atomic E-state index is 0.188. The van der Waals surface area contributed by atoms with Crippen LogP contribution >= 0.6 is 0 Å². The van der Waals surface area contributed by atoms with Gasteiger partial charge in [0.05, 0.1) is 12.1 Å². The summed E-state index contributed by atoms with van der Waals surface area (Å²) in [7, 11) is 0. The first-order chi connectivity index (χ1) is 13.2. The number of carbonyl (C=O) groups excluding carboxylic acids is 2. The van der Waals surface area contributed by atoms with Crippen molar-refractivity contribution < 1.29 is 9.59 Å². The maximum atomic E-state index is 12.5. The van der Waals surface area contributed by atoms with E-state index in [4.69, 9.17) is 0 Å². The number of piperidine rings is 2. The maximum Gasteiger partial charge on any atom is 0.318 e. The van der Waals surface area contributed by atoms with Crippen LogP contribution in [0.3, 0.4) is 0 Å². The van der Waals surface area contributed by atoms with Gasteiger partial charge in [0.25, 0.3) is 0 Å². The molecule has 1 N–H and O–H groups in total. The highest BCUT2D eigenvalue weighted by Gasteiger charge is 2.44. The van der Waals surface area contributed by atoms with Crippen LogP contribution in [0.1, 0.15) is 71.1 Å². The lowest BCUT2D eigenvalue weighted by Gasteiger charge is -2.44. The van der Waals surface area contributed by atoms with Crippen LogP contribution in [0.15, 0.2) is 0 Å². The van der Waals surface area contributed by atoms with Crippen LogP contribution < -0.4 is 5.32 Å². The minimum atomic E-state index is 0.188. The normalized spacial score (nSPS) is 31.1. The number of urea groups is 1. The average molecular weight is 377 g/mol. The van der Waals surface area contributed by atoms with E-state index in [1.807, 2.05) is 0 Å². The summed E-state index contributed by atoms with van der Waals surface area (Å²) in [5.41, 5.74) is 0. The number of nitrogens with zero attached hydrogens (tertiary/aromatic N) is 3. The van der Waals surface area contributed by atoms with Crippen LogP contribution in [0.5, 0.6) is 0 Å². The predicted octanol–water partition coefficient (Wildman–Crippen LogP) is 2.58. The first kappa shape index (κ1) is 19.0. The molecule has 0 aromatic carbocycles. The van der Waals surface area contributed by atoms with Crippen molar-refractivity contribution in [1.82, 2.24) is 20.0 Å². The van der Waals surface area contributed by atoms with Gasteiger partial charge in [-0.3, -0.25) is 4.79 Å². The summed E-state index contributed by atoms with van der Waals surface area (Å²) in [6.45, 7) is 6.10. The molecule has 1 aliphatic carbocycles. The molecule has 0 unspecified atom stereocenters. The lowest BCUT2D eigenvalue weighted by Crippen LogP contribution is -2.53. The molecule has 0 radical (unpaired) electrons. The smallest absolute Gasteiger partial charge is 0.318 e. The summed E-state index contributed by atoms with van der Waals surface area (Å²) in [4.78, 5) is 31.5. The van der Waals surface area contributed by atoms with Crippen molar-refractivity contribution in [1.29, 1.82) is 0 Å². The van der Waals surface area contributed by atoms with Gasteiger partial charge in [0, 0.05) is 44.7 Å². The minimum Gasteiger partial charge on any atom is -0.343 e.